The molecule has 0 aliphatic carbocycles. The van der Waals surface area contributed by atoms with Crippen molar-refractivity contribution in [1.82, 2.24) is 10.2 Å². The lowest BCUT2D eigenvalue weighted by molar-refractivity contribution is 0.103. The summed E-state index contributed by atoms with van der Waals surface area (Å²) in [4.78, 5) is 2.46. The molecule has 16 heavy (non-hydrogen) atoms. The smallest absolute Gasteiger partial charge is 0.0557 e. The Morgan fingerprint density at radius 1 is 1.31 bits per heavy atom. The van der Waals surface area contributed by atoms with Crippen molar-refractivity contribution >= 4 is 0 Å². The molecule has 0 saturated carbocycles. The second-order valence-electron chi connectivity index (χ2n) is 5.19. The molecule has 2 rings (SSSR count). The van der Waals surface area contributed by atoms with Gasteiger partial charge in [-0.15, -0.1) is 0 Å². The Morgan fingerprint density at radius 2 is 2.06 bits per heavy atom. The molecular weight excluding hydrogens is 196 g/mol. The van der Waals surface area contributed by atoms with Gasteiger partial charge in [0.2, 0.25) is 0 Å². The molecule has 88 valence electrons. The molecule has 1 aromatic carbocycles. The topological polar surface area (TPSA) is 15.3 Å². The molecule has 1 fully saturated rings. The first kappa shape index (κ1) is 11.6. The van der Waals surface area contributed by atoms with Crippen LogP contribution in [0.2, 0.25) is 0 Å². The fourth-order valence-corrected chi connectivity index (χ4v) is 2.68. The minimum atomic E-state index is 0.135. The van der Waals surface area contributed by atoms with E-state index in [9.17, 15) is 0 Å². The minimum Gasteiger partial charge on any atom is -0.313 e. The van der Waals surface area contributed by atoms with Crippen LogP contribution in [0, 0.1) is 13.8 Å². The van der Waals surface area contributed by atoms with Gasteiger partial charge in [-0.2, -0.15) is 0 Å². The van der Waals surface area contributed by atoms with Crippen LogP contribution in [-0.4, -0.2) is 31.6 Å². The molecule has 1 saturated heterocycles. The van der Waals surface area contributed by atoms with E-state index in [0.717, 1.165) is 19.6 Å². The van der Waals surface area contributed by atoms with Gasteiger partial charge < -0.3 is 5.32 Å². The molecule has 0 radical (unpaired) electrons. The largest absolute Gasteiger partial charge is 0.313 e. The minimum absolute atomic E-state index is 0.135. The van der Waals surface area contributed by atoms with Crippen molar-refractivity contribution in [3.63, 3.8) is 0 Å². The number of rotatable bonds is 1. The molecule has 1 aliphatic heterocycles. The van der Waals surface area contributed by atoms with E-state index in [4.69, 9.17) is 0 Å². The quantitative estimate of drug-likeness (QED) is 0.776. The van der Waals surface area contributed by atoms with Crippen molar-refractivity contribution in [2.75, 3.05) is 26.7 Å². The van der Waals surface area contributed by atoms with Gasteiger partial charge in [0.1, 0.15) is 0 Å². The lowest BCUT2D eigenvalue weighted by atomic mass is 9.85. The molecule has 1 aliphatic rings. The van der Waals surface area contributed by atoms with E-state index in [0.29, 0.717) is 0 Å². The third kappa shape index (κ3) is 1.87. The van der Waals surface area contributed by atoms with Crippen LogP contribution in [-0.2, 0) is 5.54 Å². The van der Waals surface area contributed by atoms with E-state index >= 15 is 0 Å². The van der Waals surface area contributed by atoms with Gasteiger partial charge in [-0.3, -0.25) is 4.90 Å². The van der Waals surface area contributed by atoms with Crippen LogP contribution in [0.4, 0.5) is 0 Å². The SMILES string of the molecule is Cc1ccc(C2(C)CNCCN2C)c(C)c1. The number of nitrogens with one attached hydrogen (secondary N) is 1. The molecule has 0 bridgehead atoms. The Hall–Kier alpha value is -0.860. The second-order valence-corrected chi connectivity index (χ2v) is 5.19. The standard InChI is InChI=1S/C14H22N2/c1-11-5-6-13(12(2)9-11)14(3)10-15-7-8-16(14)4/h5-6,9,15H,7-8,10H2,1-4H3. The predicted molar refractivity (Wildman–Crippen MR) is 68.8 cm³/mol. The molecule has 1 N–H and O–H groups in total. The van der Waals surface area contributed by atoms with Gasteiger partial charge >= 0.3 is 0 Å². The molecule has 0 amide bonds. The van der Waals surface area contributed by atoms with Crippen LogP contribution in [0.15, 0.2) is 18.2 Å². The highest BCUT2D eigenvalue weighted by molar-refractivity contribution is 5.36. The van der Waals surface area contributed by atoms with Crippen LogP contribution < -0.4 is 5.32 Å². The van der Waals surface area contributed by atoms with E-state index in [2.05, 4.69) is 56.2 Å². The Kier molecular flexibility index (Phi) is 3.04. The normalized spacial score (nSPS) is 27.0. The van der Waals surface area contributed by atoms with Crippen molar-refractivity contribution in [3.05, 3.63) is 34.9 Å². The van der Waals surface area contributed by atoms with Gasteiger partial charge in [0.15, 0.2) is 0 Å². The summed E-state index contributed by atoms with van der Waals surface area (Å²) in [6, 6.07) is 6.78. The summed E-state index contributed by atoms with van der Waals surface area (Å²) >= 11 is 0. The van der Waals surface area contributed by atoms with E-state index in [1.165, 1.54) is 16.7 Å². The van der Waals surface area contributed by atoms with Crippen LogP contribution in [0.3, 0.4) is 0 Å². The Labute approximate surface area is 98.7 Å². The number of hydrogen-bond acceptors (Lipinski definition) is 2. The van der Waals surface area contributed by atoms with Crippen molar-refractivity contribution in [3.8, 4) is 0 Å². The van der Waals surface area contributed by atoms with Gasteiger partial charge in [-0.25, -0.2) is 0 Å². The lowest BCUT2D eigenvalue weighted by Crippen LogP contribution is -2.55. The molecule has 1 atom stereocenters. The average molecular weight is 218 g/mol. The van der Waals surface area contributed by atoms with Crippen LogP contribution >= 0.6 is 0 Å². The summed E-state index contributed by atoms with van der Waals surface area (Å²) in [6.45, 7) is 9.95. The average Bonchev–Trinajstić information content (AvgIpc) is 2.22. The third-order valence-electron chi connectivity index (χ3n) is 3.90. The predicted octanol–water partition coefficient (Wildman–Crippen LogP) is 2.05. The van der Waals surface area contributed by atoms with Crippen molar-refractivity contribution < 1.29 is 0 Å². The van der Waals surface area contributed by atoms with Gasteiger partial charge in [-0.1, -0.05) is 23.8 Å². The summed E-state index contributed by atoms with van der Waals surface area (Å²) in [7, 11) is 2.22. The summed E-state index contributed by atoms with van der Waals surface area (Å²) in [5.74, 6) is 0. The zero-order valence-electron chi connectivity index (χ0n) is 10.8. The second kappa shape index (κ2) is 4.19. The Bertz CT molecular complexity index is 386. The zero-order valence-corrected chi connectivity index (χ0v) is 10.8. The van der Waals surface area contributed by atoms with Gasteiger partial charge in [-0.05, 0) is 38.9 Å². The maximum absolute atomic E-state index is 3.50. The van der Waals surface area contributed by atoms with E-state index in [1.54, 1.807) is 0 Å². The molecule has 2 heteroatoms. The Morgan fingerprint density at radius 3 is 2.69 bits per heavy atom. The first-order chi connectivity index (χ1) is 7.54. The number of piperazine rings is 1. The highest BCUT2D eigenvalue weighted by Crippen LogP contribution is 2.30. The van der Waals surface area contributed by atoms with E-state index in [1.807, 2.05) is 0 Å². The van der Waals surface area contributed by atoms with Gasteiger partial charge in [0.05, 0.1) is 5.54 Å². The maximum Gasteiger partial charge on any atom is 0.0557 e. The van der Waals surface area contributed by atoms with Crippen molar-refractivity contribution in [2.45, 2.75) is 26.3 Å². The number of aryl methyl sites for hydroxylation is 2. The van der Waals surface area contributed by atoms with Crippen LogP contribution in [0.25, 0.3) is 0 Å². The molecule has 2 nitrogen and oxygen atoms in total. The maximum atomic E-state index is 3.50. The lowest BCUT2D eigenvalue weighted by Gasteiger charge is -2.44. The number of likely N-dealkylation sites (N-methyl/N-ethyl adjacent to an activating group) is 1. The van der Waals surface area contributed by atoms with Crippen LogP contribution in [0.1, 0.15) is 23.6 Å². The zero-order chi connectivity index (χ0) is 11.8. The van der Waals surface area contributed by atoms with Gasteiger partial charge in [0, 0.05) is 19.6 Å². The summed E-state index contributed by atoms with van der Waals surface area (Å²) in [5.41, 5.74) is 4.33. The fraction of sp³-hybridized carbons (Fsp3) is 0.571. The van der Waals surface area contributed by atoms with Crippen molar-refractivity contribution in [2.24, 2.45) is 0 Å². The third-order valence-corrected chi connectivity index (χ3v) is 3.90. The van der Waals surface area contributed by atoms with E-state index < -0.39 is 0 Å². The summed E-state index contributed by atoms with van der Waals surface area (Å²) in [6.07, 6.45) is 0. The molecule has 0 aromatic heterocycles. The first-order valence-electron chi connectivity index (χ1n) is 6.04. The summed E-state index contributed by atoms with van der Waals surface area (Å²) < 4.78 is 0. The molecule has 1 unspecified atom stereocenters. The fourth-order valence-electron chi connectivity index (χ4n) is 2.68. The first-order valence-corrected chi connectivity index (χ1v) is 6.04. The Balaban J connectivity index is 2.41. The highest BCUT2D eigenvalue weighted by Gasteiger charge is 2.34. The van der Waals surface area contributed by atoms with Crippen molar-refractivity contribution in [1.29, 1.82) is 0 Å². The molecule has 0 spiro atoms. The number of benzene rings is 1. The van der Waals surface area contributed by atoms with Gasteiger partial charge in [0.25, 0.3) is 0 Å². The molecule has 1 heterocycles. The highest BCUT2D eigenvalue weighted by atomic mass is 15.2. The molecule has 1 aromatic rings. The monoisotopic (exact) mass is 218 g/mol. The van der Waals surface area contributed by atoms with E-state index in [-0.39, 0.29) is 5.54 Å². The number of hydrogen-bond donors (Lipinski definition) is 1. The van der Waals surface area contributed by atoms with Crippen LogP contribution in [0.5, 0.6) is 0 Å². The summed E-state index contributed by atoms with van der Waals surface area (Å²) in [5, 5.41) is 3.50. The molecular formula is C14H22N2. The number of nitrogens with zero attached hydrogens (tertiary/aromatic N) is 1.